The second-order valence-electron chi connectivity index (χ2n) is 7.93. The molecule has 158 valence electrons. The molecule has 6 heteroatoms. The van der Waals surface area contributed by atoms with Gasteiger partial charge in [0.15, 0.2) is 6.61 Å². The van der Waals surface area contributed by atoms with Crippen LogP contribution in [0, 0.1) is 0 Å². The van der Waals surface area contributed by atoms with Crippen LogP contribution in [0.1, 0.15) is 42.5 Å². The SMILES string of the molecule is O=C(COc1ccccc1)Nc1ccc(N2CCCCC2)c(C(=O)N2CCCC2)c1. The Labute approximate surface area is 177 Å². The molecule has 0 aromatic heterocycles. The van der Waals surface area contributed by atoms with Crippen LogP contribution in [0.2, 0.25) is 0 Å². The fourth-order valence-electron chi connectivity index (χ4n) is 4.15. The van der Waals surface area contributed by atoms with E-state index in [0.29, 0.717) is 17.0 Å². The second kappa shape index (κ2) is 9.65. The van der Waals surface area contributed by atoms with Gasteiger partial charge in [0, 0.05) is 37.6 Å². The summed E-state index contributed by atoms with van der Waals surface area (Å²) >= 11 is 0. The lowest BCUT2D eigenvalue weighted by Crippen LogP contribution is -2.34. The van der Waals surface area contributed by atoms with Crippen LogP contribution in [0.25, 0.3) is 0 Å². The largest absolute Gasteiger partial charge is 0.484 e. The third-order valence-electron chi connectivity index (χ3n) is 5.71. The topological polar surface area (TPSA) is 61.9 Å². The molecule has 2 aliphatic heterocycles. The summed E-state index contributed by atoms with van der Waals surface area (Å²) in [5, 5.41) is 2.87. The number of nitrogens with one attached hydrogen (secondary N) is 1. The van der Waals surface area contributed by atoms with Crippen LogP contribution in [0.5, 0.6) is 5.75 Å². The van der Waals surface area contributed by atoms with Crippen molar-refractivity contribution in [2.24, 2.45) is 0 Å². The summed E-state index contributed by atoms with van der Waals surface area (Å²) in [7, 11) is 0. The Morgan fingerprint density at radius 2 is 1.57 bits per heavy atom. The highest BCUT2D eigenvalue weighted by Gasteiger charge is 2.25. The maximum atomic E-state index is 13.2. The normalized spacial score (nSPS) is 16.4. The van der Waals surface area contributed by atoms with Crippen LogP contribution >= 0.6 is 0 Å². The first-order valence-electron chi connectivity index (χ1n) is 10.9. The van der Waals surface area contributed by atoms with Gasteiger partial charge in [0.2, 0.25) is 0 Å². The molecule has 6 nitrogen and oxygen atoms in total. The highest BCUT2D eigenvalue weighted by molar-refractivity contribution is 6.02. The third-order valence-corrected chi connectivity index (χ3v) is 5.71. The number of piperidine rings is 1. The van der Waals surface area contributed by atoms with Crippen molar-refractivity contribution in [1.82, 2.24) is 4.90 Å². The summed E-state index contributed by atoms with van der Waals surface area (Å²) in [6.07, 6.45) is 5.64. The van der Waals surface area contributed by atoms with E-state index in [1.807, 2.05) is 53.4 Å². The predicted octanol–water partition coefficient (Wildman–Crippen LogP) is 3.93. The predicted molar refractivity (Wildman–Crippen MR) is 118 cm³/mol. The van der Waals surface area contributed by atoms with Gasteiger partial charge in [-0.1, -0.05) is 18.2 Å². The number of benzene rings is 2. The molecule has 0 radical (unpaired) electrons. The van der Waals surface area contributed by atoms with Gasteiger partial charge in [0.1, 0.15) is 5.75 Å². The summed E-state index contributed by atoms with van der Waals surface area (Å²) in [4.78, 5) is 29.8. The van der Waals surface area contributed by atoms with Gasteiger partial charge in [-0.2, -0.15) is 0 Å². The molecule has 2 heterocycles. The number of amides is 2. The number of hydrogen-bond acceptors (Lipinski definition) is 4. The number of carbonyl (C=O) groups excluding carboxylic acids is 2. The van der Waals surface area contributed by atoms with Crippen LogP contribution in [0.4, 0.5) is 11.4 Å². The molecule has 4 rings (SSSR count). The smallest absolute Gasteiger partial charge is 0.262 e. The molecule has 2 fully saturated rings. The number of hydrogen-bond donors (Lipinski definition) is 1. The van der Waals surface area contributed by atoms with Gasteiger partial charge in [-0.25, -0.2) is 0 Å². The minimum absolute atomic E-state index is 0.0599. The van der Waals surface area contributed by atoms with E-state index in [4.69, 9.17) is 4.74 Å². The fourth-order valence-corrected chi connectivity index (χ4v) is 4.15. The van der Waals surface area contributed by atoms with E-state index in [1.54, 1.807) is 0 Å². The lowest BCUT2D eigenvalue weighted by molar-refractivity contribution is -0.118. The van der Waals surface area contributed by atoms with Crippen molar-refractivity contribution in [3.8, 4) is 5.75 Å². The maximum absolute atomic E-state index is 13.2. The summed E-state index contributed by atoms with van der Waals surface area (Å²) in [5.74, 6) is 0.465. The minimum Gasteiger partial charge on any atom is -0.484 e. The van der Waals surface area contributed by atoms with Gasteiger partial charge in [-0.3, -0.25) is 9.59 Å². The molecule has 2 aromatic rings. The summed E-state index contributed by atoms with van der Waals surface area (Å²) in [5.41, 5.74) is 2.28. The molecule has 0 atom stereocenters. The quantitative estimate of drug-likeness (QED) is 0.788. The molecule has 0 spiro atoms. The Bertz CT molecular complexity index is 873. The second-order valence-corrected chi connectivity index (χ2v) is 7.93. The third kappa shape index (κ3) is 4.93. The Morgan fingerprint density at radius 1 is 0.867 bits per heavy atom. The van der Waals surface area contributed by atoms with E-state index in [0.717, 1.165) is 57.5 Å². The standard InChI is InChI=1S/C24H29N3O3/c28-23(18-30-20-9-3-1-4-10-20)25-19-11-12-22(26-13-5-2-6-14-26)21(17-19)24(29)27-15-7-8-16-27/h1,3-4,9-12,17H,2,5-8,13-16,18H2,(H,25,28). The van der Waals surface area contributed by atoms with Crippen LogP contribution in [-0.4, -0.2) is 49.5 Å². The highest BCUT2D eigenvalue weighted by Crippen LogP contribution is 2.29. The first kappa shape index (κ1) is 20.3. The average Bonchev–Trinajstić information content (AvgIpc) is 3.33. The van der Waals surface area contributed by atoms with Crippen LogP contribution in [0.3, 0.4) is 0 Å². The van der Waals surface area contributed by atoms with E-state index in [2.05, 4.69) is 10.2 Å². The number of ether oxygens (including phenoxy) is 1. The number of nitrogens with zero attached hydrogens (tertiary/aromatic N) is 2. The van der Waals surface area contributed by atoms with Crippen molar-refractivity contribution in [1.29, 1.82) is 0 Å². The molecule has 2 saturated heterocycles. The zero-order chi connectivity index (χ0) is 20.8. The zero-order valence-corrected chi connectivity index (χ0v) is 17.3. The number of carbonyl (C=O) groups is 2. The van der Waals surface area contributed by atoms with Crippen molar-refractivity contribution >= 4 is 23.2 Å². The van der Waals surface area contributed by atoms with Crippen molar-refractivity contribution < 1.29 is 14.3 Å². The summed E-state index contributed by atoms with van der Waals surface area (Å²) in [6.45, 7) is 3.47. The molecule has 0 saturated carbocycles. The van der Waals surface area contributed by atoms with Crippen LogP contribution in [0.15, 0.2) is 48.5 Å². The van der Waals surface area contributed by atoms with Gasteiger partial charge in [0.05, 0.1) is 5.56 Å². The Morgan fingerprint density at radius 3 is 2.30 bits per heavy atom. The van der Waals surface area contributed by atoms with Gasteiger partial charge >= 0.3 is 0 Å². The highest BCUT2D eigenvalue weighted by atomic mass is 16.5. The van der Waals surface area contributed by atoms with E-state index in [1.165, 1.54) is 6.42 Å². The lowest BCUT2D eigenvalue weighted by atomic mass is 10.1. The van der Waals surface area contributed by atoms with E-state index in [-0.39, 0.29) is 18.4 Å². The molecule has 2 aromatic carbocycles. The first-order chi connectivity index (χ1) is 14.7. The van der Waals surface area contributed by atoms with Gasteiger partial charge < -0.3 is 19.9 Å². The Kier molecular flexibility index (Phi) is 6.52. The van der Waals surface area contributed by atoms with E-state index < -0.39 is 0 Å². The number of para-hydroxylation sites is 1. The molecular formula is C24H29N3O3. The number of rotatable bonds is 6. The van der Waals surface area contributed by atoms with Crippen molar-refractivity contribution in [2.75, 3.05) is 43.0 Å². The van der Waals surface area contributed by atoms with Gasteiger partial charge in [0.25, 0.3) is 11.8 Å². The zero-order valence-electron chi connectivity index (χ0n) is 17.3. The van der Waals surface area contributed by atoms with Gasteiger partial charge in [-0.15, -0.1) is 0 Å². The molecule has 0 aliphatic carbocycles. The van der Waals surface area contributed by atoms with Crippen molar-refractivity contribution in [3.05, 3.63) is 54.1 Å². The molecule has 2 amide bonds. The van der Waals surface area contributed by atoms with Crippen LogP contribution < -0.4 is 15.0 Å². The van der Waals surface area contributed by atoms with E-state index >= 15 is 0 Å². The number of anilines is 2. The fraction of sp³-hybridized carbons (Fsp3) is 0.417. The molecule has 0 bridgehead atoms. The minimum atomic E-state index is -0.246. The molecular weight excluding hydrogens is 378 g/mol. The molecule has 1 N–H and O–H groups in total. The maximum Gasteiger partial charge on any atom is 0.262 e. The monoisotopic (exact) mass is 407 g/mol. The first-order valence-corrected chi connectivity index (χ1v) is 10.9. The Balaban J connectivity index is 1.49. The van der Waals surface area contributed by atoms with Crippen LogP contribution in [-0.2, 0) is 4.79 Å². The lowest BCUT2D eigenvalue weighted by Gasteiger charge is -2.31. The molecule has 30 heavy (non-hydrogen) atoms. The summed E-state index contributed by atoms with van der Waals surface area (Å²) in [6, 6.07) is 14.9. The van der Waals surface area contributed by atoms with Crippen molar-refractivity contribution in [3.63, 3.8) is 0 Å². The molecule has 0 unspecified atom stereocenters. The molecule has 2 aliphatic rings. The van der Waals surface area contributed by atoms with Crippen molar-refractivity contribution in [2.45, 2.75) is 32.1 Å². The average molecular weight is 408 g/mol. The summed E-state index contributed by atoms with van der Waals surface area (Å²) < 4.78 is 5.52. The number of likely N-dealkylation sites (tertiary alicyclic amines) is 1. The van der Waals surface area contributed by atoms with Gasteiger partial charge in [-0.05, 0) is 62.4 Å². The van der Waals surface area contributed by atoms with E-state index in [9.17, 15) is 9.59 Å². The Hall–Kier alpha value is -3.02.